The number of ether oxygens (including phenoxy) is 1. The Labute approximate surface area is 159 Å². The zero-order valence-electron chi connectivity index (χ0n) is 14.8. The number of aromatic nitrogens is 3. The predicted octanol–water partition coefficient (Wildman–Crippen LogP) is 4.10. The SMILES string of the molecule is COc1ncccc1-c1c(F)ccc2c(N)c3c(O)n(C4=CC=C4)cc3nc12. The van der Waals surface area contributed by atoms with E-state index in [2.05, 4.69) is 9.97 Å². The number of rotatable bonds is 3. The number of anilines is 1. The van der Waals surface area contributed by atoms with Crippen LogP contribution in [-0.4, -0.2) is 26.8 Å². The molecule has 3 heterocycles. The Morgan fingerprint density at radius 1 is 1.25 bits per heavy atom. The Morgan fingerprint density at radius 3 is 2.79 bits per heavy atom. The first-order valence-electron chi connectivity index (χ1n) is 8.60. The highest BCUT2D eigenvalue weighted by atomic mass is 19.1. The Morgan fingerprint density at radius 2 is 2.07 bits per heavy atom. The van der Waals surface area contributed by atoms with Gasteiger partial charge in [-0.3, -0.25) is 4.57 Å². The summed E-state index contributed by atoms with van der Waals surface area (Å²) in [4.78, 5) is 8.80. The van der Waals surface area contributed by atoms with Crippen LogP contribution >= 0.6 is 0 Å². The van der Waals surface area contributed by atoms with Crippen molar-refractivity contribution in [3.05, 3.63) is 60.7 Å². The number of nitrogen functional groups attached to an aromatic ring is 1. The largest absolute Gasteiger partial charge is 0.494 e. The van der Waals surface area contributed by atoms with Crippen LogP contribution in [0.4, 0.5) is 10.1 Å². The van der Waals surface area contributed by atoms with Crippen LogP contribution in [0.15, 0.2) is 54.9 Å². The van der Waals surface area contributed by atoms with Gasteiger partial charge in [0.05, 0.1) is 29.2 Å². The van der Waals surface area contributed by atoms with Crippen molar-refractivity contribution in [2.75, 3.05) is 12.8 Å². The van der Waals surface area contributed by atoms with E-state index < -0.39 is 5.82 Å². The van der Waals surface area contributed by atoms with Gasteiger partial charge in [-0.25, -0.2) is 14.4 Å². The minimum Gasteiger partial charge on any atom is -0.494 e. The van der Waals surface area contributed by atoms with Crippen LogP contribution in [0.5, 0.6) is 11.8 Å². The van der Waals surface area contributed by atoms with Crippen LogP contribution in [0.2, 0.25) is 0 Å². The molecule has 0 amide bonds. The van der Waals surface area contributed by atoms with Gasteiger partial charge in [-0.05, 0) is 36.4 Å². The average molecular weight is 374 g/mol. The van der Waals surface area contributed by atoms with Gasteiger partial charge in [0, 0.05) is 34.6 Å². The van der Waals surface area contributed by atoms with E-state index >= 15 is 0 Å². The summed E-state index contributed by atoms with van der Waals surface area (Å²) in [6.45, 7) is 0. The number of allylic oxidation sites excluding steroid dienone is 4. The molecular weight excluding hydrogens is 359 g/mol. The van der Waals surface area contributed by atoms with Crippen LogP contribution < -0.4 is 10.5 Å². The van der Waals surface area contributed by atoms with Crippen molar-refractivity contribution in [2.45, 2.75) is 0 Å². The van der Waals surface area contributed by atoms with E-state index in [1.807, 2.05) is 18.2 Å². The lowest BCUT2D eigenvalue weighted by molar-refractivity contribution is 0.399. The summed E-state index contributed by atoms with van der Waals surface area (Å²) in [5.41, 5.74) is 9.12. The monoisotopic (exact) mass is 374 g/mol. The maximum Gasteiger partial charge on any atom is 0.221 e. The van der Waals surface area contributed by atoms with Gasteiger partial charge in [0.25, 0.3) is 0 Å². The molecule has 0 radical (unpaired) electrons. The van der Waals surface area contributed by atoms with Crippen LogP contribution in [0.25, 0.3) is 38.6 Å². The fourth-order valence-corrected chi connectivity index (χ4v) is 3.52. The van der Waals surface area contributed by atoms with E-state index in [0.717, 1.165) is 5.70 Å². The molecule has 0 saturated carbocycles. The van der Waals surface area contributed by atoms with E-state index in [0.29, 0.717) is 38.9 Å². The van der Waals surface area contributed by atoms with Gasteiger partial charge in [-0.15, -0.1) is 0 Å². The molecule has 3 aromatic heterocycles. The maximum absolute atomic E-state index is 14.9. The molecular formula is C21H15FN4O2. The third kappa shape index (κ3) is 2.13. The third-order valence-corrected chi connectivity index (χ3v) is 4.92. The summed E-state index contributed by atoms with van der Waals surface area (Å²) in [5.74, 6) is -0.166. The van der Waals surface area contributed by atoms with Crippen molar-refractivity contribution >= 4 is 33.2 Å². The molecule has 0 spiro atoms. The summed E-state index contributed by atoms with van der Waals surface area (Å²) in [6.07, 6.45) is 8.85. The zero-order valence-corrected chi connectivity index (χ0v) is 14.8. The summed E-state index contributed by atoms with van der Waals surface area (Å²) >= 11 is 0. The molecule has 7 heteroatoms. The van der Waals surface area contributed by atoms with Gasteiger partial charge in [0.1, 0.15) is 5.82 Å². The van der Waals surface area contributed by atoms with E-state index in [4.69, 9.17) is 10.5 Å². The molecule has 0 saturated heterocycles. The summed E-state index contributed by atoms with van der Waals surface area (Å²) in [5, 5.41) is 11.6. The van der Waals surface area contributed by atoms with Gasteiger partial charge in [0.2, 0.25) is 11.8 Å². The number of aromatic hydroxyl groups is 1. The highest BCUT2D eigenvalue weighted by molar-refractivity contribution is 6.12. The first-order valence-corrected chi connectivity index (χ1v) is 8.60. The summed E-state index contributed by atoms with van der Waals surface area (Å²) in [6, 6.07) is 6.32. The number of halogens is 1. The van der Waals surface area contributed by atoms with E-state index in [1.54, 1.807) is 35.2 Å². The standard InChI is InChI=1S/C21H15FN4O2/c1-28-20-12(6-3-9-24-20)16-14(22)8-7-13-18(23)17-15(25-19(13)16)10-26(21(17)27)11-4-2-5-11/h2-10,27H,23H2,1H3. The highest BCUT2D eigenvalue weighted by Gasteiger charge is 2.22. The summed E-state index contributed by atoms with van der Waals surface area (Å²) in [7, 11) is 1.48. The molecule has 0 aliphatic heterocycles. The molecule has 5 rings (SSSR count). The molecule has 6 nitrogen and oxygen atoms in total. The molecule has 28 heavy (non-hydrogen) atoms. The van der Waals surface area contributed by atoms with Crippen molar-refractivity contribution in [2.24, 2.45) is 0 Å². The Bertz CT molecular complexity index is 1340. The second-order valence-corrected chi connectivity index (χ2v) is 6.44. The highest BCUT2D eigenvalue weighted by Crippen LogP contribution is 2.42. The van der Waals surface area contributed by atoms with E-state index in [-0.39, 0.29) is 11.4 Å². The average Bonchev–Trinajstić information content (AvgIpc) is 2.97. The second kappa shape index (κ2) is 5.82. The third-order valence-electron chi connectivity index (χ3n) is 4.92. The van der Waals surface area contributed by atoms with Gasteiger partial charge >= 0.3 is 0 Å². The topological polar surface area (TPSA) is 86.2 Å². The molecule has 0 unspecified atom stereocenters. The summed E-state index contributed by atoms with van der Waals surface area (Å²) < 4.78 is 21.8. The first kappa shape index (κ1) is 16.3. The Balaban J connectivity index is 1.89. The van der Waals surface area contributed by atoms with Gasteiger partial charge in [-0.1, -0.05) is 6.08 Å². The fourth-order valence-electron chi connectivity index (χ4n) is 3.52. The minimum atomic E-state index is -0.460. The van der Waals surface area contributed by atoms with Crippen LogP contribution in [0.1, 0.15) is 0 Å². The Hall–Kier alpha value is -3.87. The maximum atomic E-state index is 14.9. The quantitative estimate of drug-likeness (QED) is 0.564. The van der Waals surface area contributed by atoms with E-state index in [9.17, 15) is 9.50 Å². The number of nitrogens with zero attached hydrogens (tertiary/aromatic N) is 3. The fraction of sp³-hybridized carbons (Fsp3) is 0.0476. The number of fused-ring (bicyclic) bond motifs is 2. The van der Waals surface area contributed by atoms with Gasteiger partial charge in [0.15, 0.2) is 0 Å². The number of methoxy groups -OCH3 is 1. The molecule has 1 aromatic carbocycles. The van der Waals surface area contributed by atoms with E-state index in [1.165, 1.54) is 13.2 Å². The van der Waals surface area contributed by atoms with Crippen LogP contribution in [0, 0.1) is 5.82 Å². The molecule has 0 bridgehead atoms. The number of pyridine rings is 2. The number of nitrogens with two attached hydrogens (primary N) is 1. The lowest BCUT2D eigenvalue weighted by Gasteiger charge is -2.12. The number of benzene rings is 1. The molecule has 0 fully saturated rings. The van der Waals surface area contributed by atoms with Crippen LogP contribution in [-0.2, 0) is 0 Å². The lowest BCUT2D eigenvalue weighted by atomic mass is 10.0. The van der Waals surface area contributed by atoms with Crippen molar-refractivity contribution in [1.29, 1.82) is 0 Å². The minimum absolute atomic E-state index is 0.00216. The van der Waals surface area contributed by atoms with Crippen molar-refractivity contribution in [3.63, 3.8) is 0 Å². The van der Waals surface area contributed by atoms with Crippen molar-refractivity contribution in [1.82, 2.24) is 14.5 Å². The molecule has 138 valence electrons. The number of hydrogen-bond acceptors (Lipinski definition) is 5. The lowest BCUT2D eigenvalue weighted by Crippen LogP contribution is -1.98. The molecule has 4 aromatic rings. The molecule has 1 aliphatic rings. The van der Waals surface area contributed by atoms with Crippen LogP contribution in [0.3, 0.4) is 0 Å². The van der Waals surface area contributed by atoms with Crippen molar-refractivity contribution < 1.29 is 14.2 Å². The van der Waals surface area contributed by atoms with Crippen molar-refractivity contribution in [3.8, 4) is 22.9 Å². The molecule has 0 atom stereocenters. The molecule has 1 aliphatic carbocycles. The smallest absolute Gasteiger partial charge is 0.221 e. The normalized spacial score (nSPS) is 13.0. The van der Waals surface area contributed by atoms with Gasteiger partial charge in [-0.2, -0.15) is 0 Å². The zero-order chi connectivity index (χ0) is 19.4. The first-order chi connectivity index (χ1) is 13.6. The van der Waals surface area contributed by atoms with Gasteiger partial charge < -0.3 is 15.6 Å². The second-order valence-electron chi connectivity index (χ2n) is 6.44. The predicted molar refractivity (Wildman–Crippen MR) is 106 cm³/mol. The Kier molecular flexibility index (Phi) is 3.39. The molecule has 3 N–H and O–H groups in total. The number of hydrogen-bond donors (Lipinski definition) is 2.